The number of aliphatic carboxylic acids is 4. The number of carboxylic acid groups (broad SMARTS) is 4. The monoisotopic (exact) mass is 726 g/mol. The molecule has 5 N–H and O–H groups in total. The van der Waals surface area contributed by atoms with E-state index in [-0.39, 0.29) is 16.7 Å². The molecule has 52 heavy (non-hydrogen) atoms. The fourth-order valence-corrected chi connectivity index (χ4v) is 3.99. The topological polar surface area (TPSA) is 301 Å². The van der Waals surface area contributed by atoms with Gasteiger partial charge in [0.25, 0.3) is 0 Å². The van der Waals surface area contributed by atoms with Crippen LogP contribution in [0.3, 0.4) is 0 Å². The predicted molar refractivity (Wildman–Crippen MR) is 163 cm³/mol. The highest BCUT2D eigenvalue weighted by Crippen LogP contribution is 2.18. The highest BCUT2D eigenvalue weighted by molar-refractivity contribution is 5.97. The van der Waals surface area contributed by atoms with Crippen molar-refractivity contribution in [3.05, 3.63) is 108 Å². The van der Waals surface area contributed by atoms with Gasteiger partial charge in [-0.2, -0.15) is 0 Å². The van der Waals surface area contributed by atoms with Crippen LogP contribution in [0.2, 0.25) is 0 Å². The molecule has 6 atom stereocenters. The van der Waals surface area contributed by atoms with Gasteiger partial charge in [-0.05, 0) is 36.4 Å². The van der Waals surface area contributed by atoms with Gasteiger partial charge in [0.15, 0.2) is 6.10 Å². The summed E-state index contributed by atoms with van der Waals surface area (Å²) in [6.07, 6.45) is -17.5. The summed E-state index contributed by atoms with van der Waals surface area (Å²) in [7, 11) is 0. The van der Waals surface area contributed by atoms with Crippen molar-refractivity contribution in [2.75, 3.05) is 0 Å². The first kappa shape index (κ1) is 39.3. The molecule has 0 radical (unpaired) electrons. The highest BCUT2D eigenvalue weighted by atomic mass is 16.6. The highest BCUT2D eigenvalue weighted by Gasteiger charge is 2.48. The number of carbonyl (C=O) groups excluding carboxylic acids is 5. The zero-order valence-electron chi connectivity index (χ0n) is 26.1. The Morgan fingerprint density at radius 1 is 0.365 bits per heavy atom. The van der Waals surface area contributed by atoms with E-state index in [0.29, 0.717) is 0 Å². The number of ether oxygens (including phenoxy) is 5. The van der Waals surface area contributed by atoms with Crippen LogP contribution in [0.5, 0.6) is 0 Å². The van der Waals surface area contributed by atoms with E-state index in [2.05, 4.69) is 9.47 Å². The second-order valence-electron chi connectivity index (χ2n) is 10.1. The lowest BCUT2D eigenvalue weighted by Gasteiger charge is -2.26. The first-order valence-electron chi connectivity index (χ1n) is 14.4. The molecule has 0 amide bonds. The summed E-state index contributed by atoms with van der Waals surface area (Å²) < 4.78 is 23.5. The first-order valence-corrected chi connectivity index (χ1v) is 14.4. The zero-order valence-corrected chi connectivity index (χ0v) is 26.1. The van der Waals surface area contributed by atoms with E-state index in [1.165, 1.54) is 78.9 Å². The van der Waals surface area contributed by atoms with E-state index in [9.17, 15) is 68.7 Å². The SMILES string of the molecule is O=C(OC(C(=O)O[C@@H](C(=O)O)[C@@H](OC(=O)c1ccccc1)C(=O)O)C(O)C(=O)O[C@@H](C(=O)O)[C@@H](OC(=O)c1ccccc1)C(=O)O)c1ccccc1. The van der Waals surface area contributed by atoms with Crippen molar-refractivity contribution in [2.45, 2.75) is 36.6 Å². The molecule has 0 saturated carbocycles. The molecule has 2 unspecified atom stereocenters. The Kier molecular flexibility index (Phi) is 13.6. The molecule has 0 saturated heterocycles. The molecule has 3 aromatic carbocycles. The molecule has 0 heterocycles. The lowest BCUT2D eigenvalue weighted by molar-refractivity contribution is -0.194. The molecule has 19 heteroatoms. The lowest BCUT2D eigenvalue weighted by Crippen LogP contribution is -2.52. The summed E-state index contributed by atoms with van der Waals surface area (Å²) in [6.45, 7) is 0. The summed E-state index contributed by atoms with van der Waals surface area (Å²) in [5, 5.41) is 49.4. The van der Waals surface area contributed by atoms with Crippen molar-refractivity contribution in [3.8, 4) is 0 Å². The fourth-order valence-electron chi connectivity index (χ4n) is 3.99. The minimum atomic E-state index is -3.15. The Labute approximate surface area is 290 Å². The average Bonchev–Trinajstić information content (AvgIpc) is 3.13. The van der Waals surface area contributed by atoms with Crippen LogP contribution in [0.4, 0.5) is 0 Å². The van der Waals surface area contributed by atoms with Crippen molar-refractivity contribution >= 4 is 53.7 Å². The lowest BCUT2D eigenvalue weighted by atomic mass is 10.1. The molecule has 0 bridgehead atoms. The van der Waals surface area contributed by atoms with E-state index in [1.54, 1.807) is 0 Å². The summed E-state index contributed by atoms with van der Waals surface area (Å²) in [5.74, 6) is -17.4. The van der Waals surface area contributed by atoms with Crippen molar-refractivity contribution in [1.29, 1.82) is 0 Å². The number of benzene rings is 3. The quantitative estimate of drug-likeness (QED) is 0.0915. The molecule has 0 fully saturated rings. The maximum Gasteiger partial charge on any atom is 0.351 e. The van der Waals surface area contributed by atoms with Crippen LogP contribution in [0, 0.1) is 0 Å². The van der Waals surface area contributed by atoms with E-state index >= 15 is 0 Å². The molecular formula is C33H26O19. The van der Waals surface area contributed by atoms with Gasteiger partial charge in [0.2, 0.25) is 30.5 Å². The van der Waals surface area contributed by atoms with E-state index in [1.807, 2.05) is 0 Å². The van der Waals surface area contributed by atoms with Crippen LogP contribution in [0.15, 0.2) is 91.0 Å². The predicted octanol–water partition coefficient (Wildman–Crippen LogP) is 0.186. The van der Waals surface area contributed by atoms with E-state index in [4.69, 9.17) is 14.2 Å². The number of esters is 5. The van der Waals surface area contributed by atoms with Gasteiger partial charge in [0.05, 0.1) is 16.7 Å². The summed E-state index contributed by atoms with van der Waals surface area (Å²) in [4.78, 5) is 112. The maximum atomic E-state index is 13.3. The standard InChI is InChI=1S/C33H26O19/c34-19(32(46)51-23(27(39)40)21(25(35)36)49-30(44)17-12-6-2-7-13-17)20(48-29(43)16-10-4-1-5-11-16)33(47)52-24(28(41)42)22(26(37)38)50-31(45)18-14-8-3-9-15-18/h1-15,19-24,34H,(H,35,36)(H,37,38)(H,39,40)(H,41,42)/t19?,20?,21-,22-,23-,24-/m1/s1. The third kappa shape index (κ3) is 10.4. The van der Waals surface area contributed by atoms with Gasteiger partial charge >= 0.3 is 53.7 Å². The number of hydrogen-bond acceptors (Lipinski definition) is 15. The van der Waals surface area contributed by atoms with Gasteiger partial charge in [0.1, 0.15) is 0 Å². The fraction of sp³-hybridized carbons (Fsp3) is 0.182. The van der Waals surface area contributed by atoms with Gasteiger partial charge < -0.3 is 49.2 Å². The molecule has 3 rings (SSSR count). The number of rotatable bonds is 17. The Balaban J connectivity index is 1.93. The van der Waals surface area contributed by atoms with Crippen molar-refractivity contribution in [1.82, 2.24) is 0 Å². The van der Waals surface area contributed by atoms with Crippen molar-refractivity contribution in [2.24, 2.45) is 0 Å². The number of aliphatic hydroxyl groups excluding tert-OH is 1. The van der Waals surface area contributed by atoms with Crippen LogP contribution >= 0.6 is 0 Å². The number of carboxylic acids is 4. The van der Waals surface area contributed by atoms with Crippen molar-refractivity contribution in [3.63, 3.8) is 0 Å². The van der Waals surface area contributed by atoms with E-state index in [0.717, 1.165) is 12.1 Å². The van der Waals surface area contributed by atoms with Crippen LogP contribution in [-0.2, 0) is 52.5 Å². The molecule has 0 aromatic heterocycles. The molecule has 0 aliphatic heterocycles. The van der Waals surface area contributed by atoms with Crippen LogP contribution in [-0.4, -0.2) is 116 Å². The molecule has 0 spiro atoms. The van der Waals surface area contributed by atoms with Gasteiger partial charge in [0, 0.05) is 0 Å². The van der Waals surface area contributed by atoms with Crippen LogP contribution in [0.25, 0.3) is 0 Å². The summed E-state index contributed by atoms with van der Waals surface area (Å²) in [6, 6.07) is 19.4. The normalized spacial score (nSPS) is 14.0. The second kappa shape index (κ2) is 18.0. The van der Waals surface area contributed by atoms with Crippen LogP contribution in [0.1, 0.15) is 31.1 Å². The Bertz CT molecular complexity index is 1810. The first-order chi connectivity index (χ1) is 24.6. The third-order valence-corrected chi connectivity index (χ3v) is 6.50. The molecule has 0 aliphatic rings. The smallest absolute Gasteiger partial charge is 0.351 e. The van der Waals surface area contributed by atoms with Crippen LogP contribution < -0.4 is 0 Å². The van der Waals surface area contributed by atoms with Gasteiger partial charge in [-0.3, -0.25) is 0 Å². The summed E-state index contributed by atoms with van der Waals surface area (Å²) >= 11 is 0. The summed E-state index contributed by atoms with van der Waals surface area (Å²) in [5.41, 5.74) is -0.834. The minimum absolute atomic E-state index is 0.248. The van der Waals surface area contributed by atoms with E-state index < -0.39 is 90.3 Å². The molecule has 3 aromatic rings. The number of hydrogen-bond donors (Lipinski definition) is 5. The van der Waals surface area contributed by atoms with Gasteiger partial charge in [-0.15, -0.1) is 0 Å². The van der Waals surface area contributed by atoms with Gasteiger partial charge in [-0.25, -0.2) is 43.2 Å². The molecule has 272 valence electrons. The molecular weight excluding hydrogens is 700 g/mol. The molecule has 19 nitrogen and oxygen atoms in total. The molecule has 0 aliphatic carbocycles. The number of aliphatic hydroxyl groups is 1. The average molecular weight is 727 g/mol. The number of carbonyl (C=O) groups is 9. The van der Waals surface area contributed by atoms with Crippen molar-refractivity contribution < 1.29 is 92.4 Å². The maximum absolute atomic E-state index is 13.3. The Morgan fingerprint density at radius 3 is 0.904 bits per heavy atom. The van der Waals surface area contributed by atoms with Gasteiger partial charge in [-0.1, -0.05) is 54.6 Å². The third-order valence-electron chi connectivity index (χ3n) is 6.50. The Morgan fingerprint density at radius 2 is 0.615 bits per heavy atom. The Hall–Kier alpha value is -7.15. The minimum Gasteiger partial charge on any atom is -0.478 e. The zero-order chi connectivity index (χ0) is 38.5. The largest absolute Gasteiger partial charge is 0.478 e. The second-order valence-corrected chi connectivity index (χ2v) is 10.1.